The van der Waals surface area contributed by atoms with Crippen LogP contribution in [0.4, 0.5) is 5.82 Å². The van der Waals surface area contributed by atoms with Crippen LogP contribution in [0.25, 0.3) is 0 Å². The summed E-state index contributed by atoms with van der Waals surface area (Å²) in [5.74, 6) is 2.45. The smallest absolute Gasteiger partial charge is 0.223 e. The topological polar surface area (TPSA) is 54.5 Å². The van der Waals surface area contributed by atoms with Gasteiger partial charge in [-0.1, -0.05) is 18.9 Å². The van der Waals surface area contributed by atoms with E-state index in [0.717, 1.165) is 51.3 Å². The third kappa shape index (κ3) is 3.66. The fourth-order valence-corrected chi connectivity index (χ4v) is 4.75. The number of anilines is 1. The van der Waals surface area contributed by atoms with Crippen LogP contribution in [0.5, 0.6) is 0 Å². The van der Waals surface area contributed by atoms with Gasteiger partial charge in [0.2, 0.25) is 5.91 Å². The fourth-order valence-electron chi connectivity index (χ4n) is 4.75. The van der Waals surface area contributed by atoms with Crippen molar-refractivity contribution in [1.29, 1.82) is 0 Å². The molecule has 25 heavy (non-hydrogen) atoms. The molecule has 1 spiro atoms. The van der Waals surface area contributed by atoms with E-state index in [9.17, 15) is 4.79 Å². The van der Waals surface area contributed by atoms with Crippen LogP contribution < -0.4 is 5.32 Å². The number of amides is 1. The van der Waals surface area contributed by atoms with Gasteiger partial charge in [0.05, 0.1) is 13.1 Å². The van der Waals surface area contributed by atoms with Gasteiger partial charge < -0.3 is 15.0 Å². The highest BCUT2D eigenvalue weighted by molar-refractivity contribution is 5.77. The Morgan fingerprint density at radius 1 is 1.28 bits per heavy atom. The molecule has 3 fully saturated rings. The molecule has 1 aliphatic carbocycles. The molecule has 0 aromatic carbocycles. The molecule has 1 aromatic rings. The Morgan fingerprint density at radius 2 is 2.12 bits per heavy atom. The van der Waals surface area contributed by atoms with Crippen molar-refractivity contribution in [2.75, 3.05) is 31.6 Å². The maximum Gasteiger partial charge on any atom is 0.223 e. The molecule has 3 heterocycles. The molecule has 2 saturated heterocycles. The Kier molecular flexibility index (Phi) is 4.93. The molecule has 0 radical (unpaired) electrons. The first-order chi connectivity index (χ1) is 12.3. The molecule has 0 bridgehead atoms. The highest BCUT2D eigenvalue weighted by Gasteiger charge is 2.54. The summed E-state index contributed by atoms with van der Waals surface area (Å²) in [6.07, 6.45) is 9.82. The number of likely N-dealkylation sites (tertiary alicyclic amines) is 1. The number of ether oxygens (including phenoxy) is 1. The summed E-state index contributed by atoms with van der Waals surface area (Å²) >= 11 is 0. The molecule has 136 valence electrons. The quantitative estimate of drug-likeness (QED) is 0.862. The van der Waals surface area contributed by atoms with Crippen molar-refractivity contribution in [2.45, 2.75) is 50.5 Å². The first-order valence-electron chi connectivity index (χ1n) is 9.82. The second-order valence-corrected chi connectivity index (χ2v) is 7.93. The minimum Gasteiger partial charge on any atom is -0.371 e. The van der Waals surface area contributed by atoms with E-state index in [1.807, 2.05) is 29.3 Å². The molecule has 4 rings (SSSR count). The lowest BCUT2D eigenvalue weighted by Gasteiger charge is -2.50. The van der Waals surface area contributed by atoms with Gasteiger partial charge in [0.15, 0.2) is 0 Å². The Labute approximate surface area is 150 Å². The van der Waals surface area contributed by atoms with Crippen LogP contribution in [0, 0.1) is 11.8 Å². The van der Waals surface area contributed by atoms with Crippen molar-refractivity contribution in [3.05, 3.63) is 24.4 Å². The van der Waals surface area contributed by atoms with Crippen LogP contribution in [0.3, 0.4) is 0 Å². The van der Waals surface area contributed by atoms with E-state index in [4.69, 9.17) is 4.74 Å². The number of rotatable bonds is 6. The number of hydrogen-bond acceptors (Lipinski definition) is 4. The summed E-state index contributed by atoms with van der Waals surface area (Å²) in [4.78, 5) is 18.8. The Hall–Kier alpha value is -1.62. The minimum absolute atomic E-state index is 0.0723. The van der Waals surface area contributed by atoms with Gasteiger partial charge in [0.25, 0.3) is 0 Å². The van der Waals surface area contributed by atoms with E-state index in [1.54, 1.807) is 0 Å². The monoisotopic (exact) mass is 343 g/mol. The molecule has 1 amide bonds. The number of aromatic nitrogens is 1. The maximum absolute atomic E-state index is 12.5. The largest absolute Gasteiger partial charge is 0.371 e. The van der Waals surface area contributed by atoms with E-state index in [0.29, 0.717) is 17.7 Å². The summed E-state index contributed by atoms with van der Waals surface area (Å²) in [6.45, 7) is 3.33. The summed E-state index contributed by atoms with van der Waals surface area (Å²) in [6, 6.07) is 5.92. The van der Waals surface area contributed by atoms with Gasteiger partial charge in [0.1, 0.15) is 11.4 Å². The Morgan fingerprint density at radius 3 is 2.88 bits per heavy atom. The average Bonchev–Trinajstić information content (AvgIpc) is 3.24. The van der Waals surface area contributed by atoms with E-state index in [1.165, 1.54) is 25.7 Å². The number of hydrogen-bond donors (Lipinski definition) is 1. The van der Waals surface area contributed by atoms with Crippen molar-refractivity contribution in [2.24, 2.45) is 11.8 Å². The molecule has 5 heteroatoms. The predicted molar refractivity (Wildman–Crippen MR) is 97.3 cm³/mol. The Bertz CT molecular complexity index is 580. The van der Waals surface area contributed by atoms with Gasteiger partial charge >= 0.3 is 0 Å². The number of carbonyl (C=O) groups excluding carboxylic acids is 1. The summed E-state index contributed by atoms with van der Waals surface area (Å²) in [7, 11) is 0. The van der Waals surface area contributed by atoms with Crippen LogP contribution >= 0.6 is 0 Å². The number of nitrogens with zero attached hydrogens (tertiary/aromatic N) is 2. The van der Waals surface area contributed by atoms with E-state index < -0.39 is 0 Å². The molecule has 1 aromatic heterocycles. The van der Waals surface area contributed by atoms with Gasteiger partial charge in [-0.2, -0.15) is 0 Å². The minimum atomic E-state index is -0.0723. The molecular weight excluding hydrogens is 314 g/mol. The molecule has 3 aliphatic rings. The van der Waals surface area contributed by atoms with Crippen LogP contribution in [0.2, 0.25) is 0 Å². The van der Waals surface area contributed by atoms with Gasteiger partial charge in [-0.3, -0.25) is 4.79 Å². The number of nitrogens with one attached hydrogen (secondary N) is 1. The van der Waals surface area contributed by atoms with Gasteiger partial charge in [-0.25, -0.2) is 4.98 Å². The van der Waals surface area contributed by atoms with Crippen molar-refractivity contribution >= 4 is 11.7 Å². The summed E-state index contributed by atoms with van der Waals surface area (Å²) in [5.41, 5.74) is -0.0723. The lowest BCUT2D eigenvalue weighted by molar-refractivity contribution is -0.166. The molecule has 2 aliphatic heterocycles. The van der Waals surface area contributed by atoms with Crippen LogP contribution in [-0.2, 0) is 9.53 Å². The summed E-state index contributed by atoms with van der Waals surface area (Å²) < 4.78 is 6.10. The zero-order valence-electron chi connectivity index (χ0n) is 15.0. The molecular formula is C20H29N3O2. The fraction of sp³-hybridized carbons (Fsp3) is 0.700. The van der Waals surface area contributed by atoms with Crippen molar-refractivity contribution in [3.8, 4) is 0 Å². The van der Waals surface area contributed by atoms with E-state index in [2.05, 4.69) is 10.3 Å². The van der Waals surface area contributed by atoms with E-state index in [-0.39, 0.29) is 5.60 Å². The normalized spacial score (nSPS) is 25.3. The molecule has 1 atom stereocenters. The molecule has 0 unspecified atom stereocenters. The zero-order valence-corrected chi connectivity index (χ0v) is 15.0. The van der Waals surface area contributed by atoms with Crippen molar-refractivity contribution in [3.63, 3.8) is 0 Å². The highest BCUT2D eigenvalue weighted by atomic mass is 16.5. The van der Waals surface area contributed by atoms with Crippen LogP contribution in [0.1, 0.15) is 44.9 Å². The van der Waals surface area contributed by atoms with Crippen LogP contribution in [-0.4, -0.2) is 47.6 Å². The molecule has 1 N–H and O–H groups in total. The van der Waals surface area contributed by atoms with Gasteiger partial charge in [-0.15, -0.1) is 0 Å². The van der Waals surface area contributed by atoms with Crippen LogP contribution in [0.15, 0.2) is 24.4 Å². The average molecular weight is 343 g/mol. The second-order valence-electron chi connectivity index (χ2n) is 7.93. The van der Waals surface area contributed by atoms with Crippen molar-refractivity contribution in [1.82, 2.24) is 9.88 Å². The number of carbonyl (C=O) groups is 1. The second kappa shape index (κ2) is 7.32. The van der Waals surface area contributed by atoms with Crippen molar-refractivity contribution < 1.29 is 9.53 Å². The molecule has 1 saturated carbocycles. The Balaban J connectivity index is 1.24. The first-order valence-corrected chi connectivity index (χ1v) is 9.82. The third-order valence-corrected chi connectivity index (χ3v) is 6.27. The van der Waals surface area contributed by atoms with Gasteiger partial charge in [0, 0.05) is 25.8 Å². The molecule has 5 nitrogen and oxygen atoms in total. The van der Waals surface area contributed by atoms with E-state index >= 15 is 0 Å². The maximum atomic E-state index is 12.5. The standard InChI is InChI=1S/C20H29N3O2/c24-19(13-16-5-1-2-6-16)23-14-20(15-23)17(9-12-25-20)8-11-22-18-7-3-4-10-21-18/h3-4,7,10,16-17H,1-2,5-6,8-9,11-15H2,(H,21,22)/t17-/m1/s1. The first kappa shape index (κ1) is 16.8. The third-order valence-electron chi connectivity index (χ3n) is 6.27. The number of pyridine rings is 1. The lowest BCUT2D eigenvalue weighted by atomic mass is 9.78. The zero-order chi connectivity index (χ0) is 17.1. The predicted octanol–water partition coefficient (Wildman–Crippen LogP) is 3.08. The summed E-state index contributed by atoms with van der Waals surface area (Å²) in [5, 5.41) is 3.39. The lowest BCUT2D eigenvalue weighted by Crippen LogP contribution is -2.66. The SMILES string of the molecule is O=C(CC1CCCC1)N1CC2(C1)OCC[C@H]2CCNc1ccccn1. The highest BCUT2D eigenvalue weighted by Crippen LogP contribution is 2.42. The van der Waals surface area contributed by atoms with Gasteiger partial charge in [-0.05, 0) is 49.7 Å².